The van der Waals surface area contributed by atoms with Crippen molar-refractivity contribution in [1.82, 2.24) is 0 Å². The molecule has 0 unspecified atom stereocenters. The van der Waals surface area contributed by atoms with Gasteiger partial charge in [-0.05, 0) is 32.1 Å². The summed E-state index contributed by atoms with van der Waals surface area (Å²) in [6, 6.07) is 0. The van der Waals surface area contributed by atoms with E-state index in [1.54, 1.807) is 0 Å². The fraction of sp³-hybridized carbons (Fsp3) is 0.917. The van der Waals surface area contributed by atoms with Gasteiger partial charge in [0.2, 0.25) is 0 Å². The quantitative estimate of drug-likeness (QED) is 0.315. The van der Waals surface area contributed by atoms with Crippen molar-refractivity contribution < 1.29 is 0 Å². The van der Waals surface area contributed by atoms with Crippen molar-refractivity contribution in [2.24, 2.45) is 0 Å². The molecule has 1 radical (unpaired) electrons. The van der Waals surface area contributed by atoms with E-state index in [1.165, 1.54) is 44.9 Å². The number of hydrogen-bond donors (Lipinski definition) is 0. The Hall–Kier alpha value is 1.44. The topological polar surface area (TPSA) is 0 Å². The molecule has 0 spiro atoms. The van der Waals surface area contributed by atoms with Crippen molar-refractivity contribution in [2.75, 3.05) is 10.7 Å². The normalized spacial score (nSPS) is 12.0. The lowest BCUT2D eigenvalue weighted by atomic mass is 9.91. The lowest BCUT2D eigenvalue weighted by Gasteiger charge is -2.27. The van der Waals surface area contributed by atoms with Crippen LogP contribution in [-0.2, 0) is 0 Å². The van der Waals surface area contributed by atoms with Crippen LogP contribution in [0.15, 0.2) is 0 Å². The highest BCUT2D eigenvalue weighted by atomic mass is 79.9. The summed E-state index contributed by atoms with van der Waals surface area (Å²) in [5.74, 6) is 0. The van der Waals surface area contributed by atoms with E-state index >= 15 is 0 Å². The largest absolute Gasteiger partial charge is 0.0928 e. The van der Waals surface area contributed by atoms with Crippen LogP contribution in [0, 0.1) is 6.92 Å². The van der Waals surface area contributed by atoms with Crippen LogP contribution in [0.4, 0.5) is 0 Å². The molecule has 0 aromatic carbocycles. The van der Waals surface area contributed by atoms with E-state index in [0.717, 1.165) is 17.1 Å². The average Bonchev–Trinajstić information content (AvgIpc) is 2.19. The van der Waals surface area contributed by atoms with Crippen molar-refractivity contribution in [3.8, 4) is 0 Å². The first kappa shape index (κ1) is 16.4. The predicted molar refractivity (Wildman–Crippen MR) is 81.5 cm³/mol. The van der Waals surface area contributed by atoms with E-state index in [-0.39, 0.29) is 0 Å². The summed E-state index contributed by atoms with van der Waals surface area (Å²) < 4.78 is 0.360. The molecule has 0 aromatic heterocycles. The Morgan fingerprint density at radius 2 is 1.27 bits per heavy atom. The second-order valence-electron chi connectivity index (χ2n) is 4.05. The Bertz CT molecular complexity index is 127. The Labute approximate surface area is 120 Å². The maximum Gasteiger partial charge on any atom is 0.0258 e. The number of unbranched alkanes of at least 4 members (excludes halogenated alkanes) is 2. The standard InChI is InChI=1S/C12H22Br3/c1-2-7-12(15,8-3-5-10-13)9-4-6-11-14/h1-11H2. The molecule has 0 aliphatic rings. The Morgan fingerprint density at radius 1 is 0.800 bits per heavy atom. The predicted octanol–water partition coefficient (Wildman–Crippen LogP) is 5.86. The molecule has 0 fully saturated rings. The summed E-state index contributed by atoms with van der Waals surface area (Å²) in [7, 11) is 0. The molecule has 91 valence electrons. The smallest absolute Gasteiger partial charge is 0.0258 e. The molecule has 15 heavy (non-hydrogen) atoms. The summed E-state index contributed by atoms with van der Waals surface area (Å²) >= 11 is 10.9. The van der Waals surface area contributed by atoms with Gasteiger partial charge in [0, 0.05) is 15.0 Å². The highest BCUT2D eigenvalue weighted by Gasteiger charge is 2.24. The van der Waals surface area contributed by atoms with Gasteiger partial charge in [-0.2, -0.15) is 0 Å². The first-order valence-corrected chi connectivity index (χ1v) is 8.82. The third-order valence-corrected chi connectivity index (χ3v) is 4.95. The molecule has 0 rings (SSSR count). The van der Waals surface area contributed by atoms with Gasteiger partial charge < -0.3 is 0 Å². The van der Waals surface area contributed by atoms with Crippen LogP contribution in [0.5, 0.6) is 0 Å². The van der Waals surface area contributed by atoms with Gasteiger partial charge in [-0.1, -0.05) is 74.0 Å². The summed E-state index contributed by atoms with van der Waals surface area (Å²) in [6.45, 7) is 3.98. The first-order valence-electron chi connectivity index (χ1n) is 5.78. The van der Waals surface area contributed by atoms with Crippen molar-refractivity contribution >= 4 is 47.8 Å². The fourth-order valence-corrected chi connectivity index (χ4v) is 3.40. The molecular weight excluding hydrogens is 384 g/mol. The van der Waals surface area contributed by atoms with Gasteiger partial charge in [-0.25, -0.2) is 0 Å². The van der Waals surface area contributed by atoms with Crippen molar-refractivity contribution in [3.63, 3.8) is 0 Å². The van der Waals surface area contributed by atoms with Crippen LogP contribution in [0.1, 0.15) is 51.4 Å². The number of halogens is 3. The summed E-state index contributed by atoms with van der Waals surface area (Å²) in [5.41, 5.74) is 0. The lowest BCUT2D eigenvalue weighted by molar-refractivity contribution is 0.451. The third kappa shape index (κ3) is 9.17. The number of alkyl halides is 3. The van der Waals surface area contributed by atoms with Gasteiger partial charge in [-0.3, -0.25) is 0 Å². The number of hydrogen-bond acceptors (Lipinski definition) is 0. The highest BCUT2D eigenvalue weighted by Crippen LogP contribution is 2.35. The second kappa shape index (κ2) is 10.6. The fourth-order valence-electron chi connectivity index (χ4n) is 1.76. The average molecular weight is 406 g/mol. The van der Waals surface area contributed by atoms with Gasteiger partial charge in [0.25, 0.3) is 0 Å². The zero-order valence-corrected chi connectivity index (χ0v) is 14.2. The summed E-state index contributed by atoms with van der Waals surface area (Å²) in [4.78, 5) is 0. The Morgan fingerprint density at radius 3 is 1.60 bits per heavy atom. The minimum atomic E-state index is 0.360. The van der Waals surface area contributed by atoms with Gasteiger partial charge in [0.1, 0.15) is 0 Å². The summed E-state index contributed by atoms with van der Waals surface area (Å²) in [6.07, 6.45) is 10.00. The van der Waals surface area contributed by atoms with Crippen LogP contribution < -0.4 is 0 Å². The van der Waals surface area contributed by atoms with E-state index in [9.17, 15) is 0 Å². The van der Waals surface area contributed by atoms with Crippen LogP contribution in [-0.4, -0.2) is 15.0 Å². The molecule has 0 amide bonds. The minimum Gasteiger partial charge on any atom is -0.0928 e. The molecular formula is C12H22Br3. The van der Waals surface area contributed by atoms with E-state index in [4.69, 9.17) is 0 Å². The zero-order chi connectivity index (χ0) is 11.6. The molecule has 0 heterocycles. The van der Waals surface area contributed by atoms with Gasteiger partial charge in [-0.15, -0.1) is 0 Å². The highest BCUT2D eigenvalue weighted by molar-refractivity contribution is 9.10. The molecule has 0 saturated heterocycles. The van der Waals surface area contributed by atoms with Crippen molar-refractivity contribution in [2.45, 2.75) is 55.7 Å². The molecule has 3 heteroatoms. The maximum atomic E-state index is 3.98. The SMILES string of the molecule is [CH2]CCC(Br)(CCCCBr)CCCCBr. The Kier molecular flexibility index (Phi) is 11.6. The van der Waals surface area contributed by atoms with E-state index in [1.807, 2.05) is 0 Å². The zero-order valence-electron chi connectivity index (χ0n) is 9.41. The van der Waals surface area contributed by atoms with E-state index < -0.39 is 0 Å². The van der Waals surface area contributed by atoms with Gasteiger partial charge in [0.05, 0.1) is 0 Å². The van der Waals surface area contributed by atoms with Crippen molar-refractivity contribution in [1.29, 1.82) is 0 Å². The molecule has 0 nitrogen and oxygen atoms in total. The van der Waals surface area contributed by atoms with E-state index in [0.29, 0.717) is 4.32 Å². The molecule has 0 aliphatic heterocycles. The van der Waals surface area contributed by atoms with E-state index in [2.05, 4.69) is 54.7 Å². The monoisotopic (exact) mass is 403 g/mol. The third-order valence-electron chi connectivity index (χ3n) is 2.64. The van der Waals surface area contributed by atoms with Crippen LogP contribution in [0.3, 0.4) is 0 Å². The maximum absolute atomic E-state index is 3.98. The molecule has 0 bridgehead atoms. The Balaban J connectivity index is 3.83. The van der Waals surface area contributed by atoms with Crippen LogP contribution in [0.2, 0.25) is 0 Å². The van der Waals surface area contributed by atoms with Crippen LogP contribution >= 0.6 is 47.8 Å². The minimum absolute atomic E-state index is 0.360. The first-order chi connectivity index (χ1) is 7.18. The summed E-state index contributed by atoms with van der Waals surface area (Å²) in [5, 5.41) is 2.25. The molecule has 0 aromatic rings. The second-order valence-corrected chi connectivity index (χ2v) is 7.31. The van der Waals surface area contributed by atoms with Crippen molar-refractivity contribution in [3.05, 3.63) is 6.92 Å². The number of rotatable bonds is 10. The van der Waals surface area contributed by atoms with Gasteiger partial charge >= 0.3 is 0 Å². The molecule has 0 atom stereocenters. The van der Waals surface area contributed by atoms with Crippen LogP contribution in [0.25, 0.3) is 0 Å². The van der Waals surface area contributed by atoms with Gasteiger partial charge in [0.15, 0.2) is 0 Å². The lowest BCUT2D eigenvalue weighted by Crippen LogP contribution is -2.20. The molecule has 0 aliphatic carbocycles. The molecule has 0 saturated carbocycles. The molecule has 0 N–H and O–H groups in total.